The zero-order valence-electron chi connectivity index (χ0n) is 12.2. The van der Waals surface area contributed by atoms with Crippen LogP contribution >= 0.6 is 11.3 Å². The summed E-state index contributed by atoms with van der Waals surface area (Å²) in [5.41, 5.74) is -0.201. The number of rotatable bonds is 4. The molecule has 0 unspecified atom stereocenters. The van der Waals surface area contributed by atoms with E-state index >= 15 is 0 Å². The molecule has 1 fully saturated rings. The molecular weight excluding hydrogens is 276 g/mol. The summed E-state index contributed by atoms with van der Waals surface area (Å²) in [7, 11) is 0. The first-order chi connectivity index (χ1) is 9.47. The second kappa shape index (κ2) is 6.49. The number of ether oxygens (including phenoxy) is 1. The molecule has 7 heteroatoms. The van der Waals surface area contributed by atoms with Gasteiger partial charge in [-0.15, -0.1) is 10.2 Å². The van der Waals surface area contributed by atoms with E-state index < -0.39 is 0 Å². The largest absolute Gasteiger partial charge is 0.381 e. The van der Waals surface area contributed by atoms with Crippen molar-refractivity contribution in [3.63, 3.8) is 0 Å². The number of carbonyl (C=O) groups excluding carboxylic acids is 1. The van der Waals surface area contributed by atoms with Crippen molar-refractivity contribution in [2.45, 2.75) is 45.6 Å². The first kappa shape index (κ1) is 15.2. The Bertz CT molecular complexity index is 455. The van der Waals surface area contributed by atoms with Crippen molar-refractivity contribution in [1.82, 2.24) is 15.5 Å². The fourth-order valence-corrected chi connectivity index (χ4v) is 3.03. The normalized spacial score (nSPS) is 18.0. The molecule has 0 aliphatic carbocycles. The van der Waals surface area contributed by atoms with Gasteiger partial charge in [0, 0.05) is 25.2 Å². The minimum atomic E-state index is -0.221. The maximum atomic E-state index is 12.0. The average molecular weight is 298 g/mol. The lowest BCUT2D eigenvalue weighted by Gasteiger charge is -2.34. The van der Waals surface area contributed by atoms with Crippen LogP contribution in [-0.4, -0.2) is 35.0 Å². The molecule has 0 aromatic carbocycles. The highest BCUT2D eigenvalue weighted by Crippen LogP contribution is 2.21. The van der Waals surface area contributed by atoms with E-state index in [0.717, 1.165) is 24.3 Å². The van der Waals surface area contributed by atoms with E-state index in [0.29, 0.717) is 24.3 Å². The Morgan fingerprint density at radius 1 is 1.40 bits per heavy atom. The van der Waals surface area contributed by atoms with Crippen molar-refractivity contribution in [2.75, 3.05) is 18.5 Å². The summed E-state index contributed by atoms with van der Waals surface area (Å²) in [5.74, 6) is 0.533. The molecule has 1 aromatic rings. The zero-order chi connectivity index (χ0) is 14.6. The first-order valence-corrected chi connectivity index (χ1v) is 7.78. The Morgan fingerprint density at radius 2 is 2.10 bits per heavy atom. The molecule has 1 aliphatic heterocycles. The quantitative estimate of drug-likeness (QED) is 0.895. The van der Waals surface area contributed by atoms with E-state index in [-0.39, 0.29) is 11.6 Å². The molecule has 1 saturated heterocycles. The molecule has 1 aliphatic rings. The standard InChI is InChI=1S/C13H22N4O2S/c1-9(2)8-10-16-17-12(20-10)14-11(18)15-13(3)4-6-19-7-5-13/h9H,4-8H2,1-3H3,(H2,14,15,17,18). The maximum Gasteiger partial charge on any atom is 0.321 e. The number of nitrogens with one attached hydrogen (secondary N) is 2. The number of aromatic nitrogens is 2. The number of hydrogen-bond acceptors (Lipinski definition) is 5. The molecule has 2 amide bonds. The van der Waals surface area contributed by atoms with Crippen LogP contribution in [0.1, 0.15) is 38.6 Å². The monoisotopic (exact) mass is 298 g/mol. The van der Waals surface area contributed by atoms with E-state index in [4.69, 9.17) is 4.74 Å². The van der Waals surface area contributed by atoms with E-state index in [9.17, 15) is 4.79 Å². The van der Waals surface area contributed by atoms with Crippen molar-refractivity contribution in [2.24, 2.45) is 5.92 Å². The third kappa shape index (κ3) is 4.42. The van der Waals surface area contributed by atoms with Crippen LogP contribution in [0.25, 0.3) is 0 Å². The molecule has 0 spiro atoms. The summed E-state index contributed by atoms with van der Waals surface area (Å²) in [4.78, 5) is 12.0. The fraction of sp³-hybridized carbons (Fsp3) is 0.769. The number of hydrogen-bond donors (Lipinski definition) is 2. The predicted octanol–water partition coefficient (Wildman–Crippen LogP) is 2.43. The molecule has 1 aromatic heterocycles. The highest BCUT2D eigenvalue weighted by Gasteiger charge is 2.29. The third-order valence-electron chi connectivity index (χ3n) is 3.28. The van der Waals surface area contributed by atoms with Gasteiger partial charge in [-0.3, -0.25) is 5.32 Å². The van der Waals surface area contributed by atoms with Crippen molar-refractivity contribution >= 4 is 22.5 Å². The Kier molecular flexibility index (Phi) is 4.93. The SMILES string of the molecule is CC(C)Cc1nnc(NC(=O)NC2(C)CCOCC2)s1. The minimum absolute atomic E-state index is 0.201. The van der Waals surface area contributed by atoms with Gasteiger partial charge in [0.05, 0.1) is 0 Å². The van der Waals surface area contributed by atoms with Gasteiger partial charge in [-0.05, 0) is 25.7 Å². The zero-order valence-corrected chi connectivity index (χ0v) is 13.0. The van der Waals surface area contributed by atoms with Crippen molar-refractivity contribution in [3.8, 4) is 0 Å². The van der Waals surface area contributed by atoms with Crippen LogP contribution in [-0.2, 0) is 11.2 Å². The van der Waals surface area contributed by atoms with Crippen molar-refractivity contribution < 1.29 is 9.53 Å². The van der Waals surface area contributed by atoms with Crippen LogP contribution in [0.15, 0.2) is 0 Å². The lowest BCUT2D eigenvalue weighted by atomic mass is 9.93. The first-order valence-electron chi connectivity index (χ1n) is 6.96. The Hall–Kier alpha value is -1.21. The molecule has 6 nitrogen and oxygen atoms in total. The maximum absolute atomic E-state index is 12.0. The van der Waals surface area contributed by atoms with E-state index in [2.05, 4.69) is 34.7 Å². The molecule has 2 heterocycles. The number of nitrogens with zero attached hydrogens (tertiary/aromatic N) is 2. The molecule has 0 bridgehead atoms. The summed E-state index contributed by atoms with van der Waals surface area (Å²) < 4.78 is 5.31. The second-order valence-corrected chi connectivity index (χ2v) is 6.91. The number of carbonyl (C=O) groups is 1. The van der Waals surface area contributed by atoms with Gasteiger partial charge < -0.3 is 10.1 Å². The number of anilines is 1. The Balaban J connectivity index is 1.86. The van der Waals surface area contributed by atoms with E-state index in [1.54, 1.807) is 0 Å². The summed E-state index contributed by atoms with van der Waals surface area (Å²) >= 11 is 1.43. The van der Waals surface area contributed by atoms with Crippen LogP contribution in [0, 0.1) is 5.92 Å². The lowest BCUT2D eigenvalue weighted by molar-refractivity contribution is 0.0499. The van der Waals surface area contributed by atoms with Crippen LogP contribution < -0.4 is 10.6 Å². The summed E-state index contributed by atoms with van der Waals surface area (Å²) in [6, 6.07) is -0.221. The highest BCUT2D eigenvalue weighted by molar-refractivity contribution is 7.15. The van der Waals surface area contributed by atoms with Gasteiger partial charge in [0.2, 0.25) is 5.13 Å². The van der Waals surface area contributed by atoms with Gasteiger partial charge in [0.15, 0.2) is 0 Å². The minimum Gasteiger partial charge on any atom is -0.381 e. The topological polar surface area (TPSA) is 76.1 Å². The van der Waals surface area contributed by atoms with Gasteiger partial charge in [-0.2, -0.15) is 0 Å². The van der Waals surface area contributed by atoms with Crippen molar-refractivity contribution in [1.29, 1.82) is 0 Å². The molecule has 2 N–H and O–H groups in total. The second-order valence-electron chi connectivity index (χ2n) is 5.85. The van der Waals surface area contributed by atoms with Crippen LogP contribution in [0.5, 0.6) is 0 Å². The van der Waals surface area contributed by atoms with Gasteiger partial charge in [0.1, 0.15) is 5.01 Å². The molecular formula is C13H22N4O2S. The molecule has 0 radical (unpaired) electrons. The average Bonchev–Trinajstić information content (AvgIpc) is 2.75. The third-order valence-corrected chi connectivity index (χ3v) is 4.14. The summed E-state index contributed by atoms with van der Waals surface area (Å²) in [6.07, 6.45) is 2.54. The van der Waals surface area contributed by atoms with Gasteiger partial charge in [-0.1, -0.05) is 25.2 Å². The molecule has 112 valence electrons. The predicted molar refractivity (Wildman–Crippen MR) is 79.1 cm³/mol. The number of urea groups is 1. The van der Waals surface area contributed by atoms with Gasteiger partial charge in [0.25, 0.3) is 0 Å². The van der Waals surface area contributed by atoms with Gasteiger partial charge in [-0.25, -0.2) is 4.79 Å². The smallest absolute Gasteiger partial charge is 0.321 e. The van der Waals surface area contributed by atoms with Crippen LogP contribution in [0.2, 0.25) is 0 Å². The molecule has 20 heavy (non-hydrogen) atoms. The fourth-order valence-electron chi connectivity index (χ4n) is 2.09. The lowest BCUT2D eigenvalue weighted by Crippen LogP contribution is -2.51. The van der Waals surface area contributed by atoms with Gasteiger partial charge >= 0.3 is 6.03 Å². The number of amides is 2. The van der Waals surface area contributed by atoms with E-state index in [1.165, 1.54) is 11.3 Å². The Morgan fingerprint density at radius 3 is 2.75 bits per heavy atom. The van der Waals surface area contributed by atoms with Crippen LogP contribution in [0.4, 0.5) is 9.93 Å². The van der Waals surface area contributed by atoms with Crippen LogP contribution in [0.3, 0.4) is 0 Å². The molecule has 2 rings (SSSR count). The summed E-state index contributed by atoms with van der Waals surface area (Å²) in [5, 5.41) is 15.3. The van der Waals surface area contributed by atoms with Crippen molar-refractivity contribution in [3.05, 3.63) is 5.01 Å². The van der Waals surface area contributed by atoms with E-state index in [1.807, 2.05) is 6.92 Å². The highest BCUT2D eigenvalue weighted by atomic mass is 32.1. The molecule has 0 atom stereocenters. The Labute approximate surface area is 123 Å². The molecule has 0 saturated carbocycles. The summed E-state index contributed by atoms with van der Waals surface area (Å²) in [6.45, 7) is 7.68.